The normalized spacial score (nSPS) is 30.4. The molecule has 3 fully saturated rings. The molecule has 0 spiro atoms. The van der Waals surface area contributed by atoms with Gasteiger partial charge in [-0.2, -0.15) is 0 Å². The third-order valence-electron chi connectivity index (χ3n) is 9.59. The SMILES string of the molecule is C=CCc1cccc(C2C3=CCC4C(=O)N(CCC)C(=O)C4C3CC3(Cl)C(=O)N(c4c(F)c(F)c(F)c(F)c4F)C(=O)C23Cl)c1O. The van der Waals surface area contributed by atoms with E-state index in [4.69, 9.17) is 23.2 Å². The molecule has 2 aliphatic heterocycles. The quantitative estimate of drug-likeness (QED) is 0.104. The number of hydrogen-bond donors (Lipinski definition) is 1. The van der Waals surface area contributed by atoms with Gasteiger partial charge < -0.3 is 5.11 Å². The van der Waals surface area contributed by atoms with Crippen molar-refractivity contribution < 1.29 is 46.2 Å². The second kappa shape index (κ2) is 10.9. The fraction of sp³-hybridized carbons (Fsp3) is 0.375. The molecule has 0 bridgehead atoms. The summed E-state index contributed by atoms with van der Waals surface area (Å²) in [6.07, 6.45) is 3.08. The lowest BCUT2D eigenvalue weighted by atomic mass is 9.56. The number of para-hydroxylation sites is 1. The van der Waals surface area contributed by atoms with E-state index in [1.807, 2.05) is 0 Å². The van der Waals surface area contributed by atoms with Gasteiger partial charge in [-0.3, -0.25) is 24.1 Å². The summed E-state index contributed by atoms with van der Waals surface area (Å²) in [6.45, 7) is 5.55. The fourth-order valence-corrected chi connectivity index (χ4v) is 8.51. The van der Waals surface area contributed by atoms with E-state index in [9.17, 15) is 37.5 Å². The Bertz CT molecular complexity index is 1770. The van der Waals surface area contributed by atoms with Gasteiger partial charge in [-0.25, -0.2) is 26.9 Å². The molecule has 2 aromatic rings. The minimum absolute atomic E-state index is 0.0244. The Labute approximate surface area is 269 Å². The first kappa shape index (κ1) is 32.2. The Morgan fingerprint density at radius 2 is 1.59 bits per heavy atom. The number of benzene rings is 2. The number of aromatic hydroxyl groups is 1. The van der Waals surface area contributed by atoms with Crippen molar-refractivity contribution in [1.29, 1.82) is 0 Å². The van der Waals surface area contributed by atoms with E-state index < -0.39 is 98.2 Å². The van der Waals surface area contributed by atoms with E-state index in [0.29, 0.717) is 12.0 Å². The van der Waals surface area contributed by atoms with Gasteiger partial charge in [0.2, 0.25) is 17.6 Å². The van der Waals surface area contributed by atoms with Crippen molar-refractivity contribution in [2.75, 3.05) is 11.4 Å². The summed E-state index contributed by atoms with van der Waals surface area (Å²) in [5.41, 5.74) is -1.32. The molecule has 1 N–H and O–H groups in total. The molecule has 2 heterocycles. The first-order chi connectivity index (χ1) is 21.7. The molecular weight excluding hydrogens is 658 g/mol. The van der Waals surface area contributed by atoms with Gasteiger partial charge in [-0.05, 0) is 37.2 Å². The average molecular weight is 683 g/mol. The summed E-state index contributed by atoms with van der Waals surface area (Å²) in [7, 11) is 0. The number of phenolic OH excluding ortho intramolecular Hbond substituents is 1. The van der Waals surface area contributed by atoms with Crippen molar-refractivity contribution in [2.45, 2.75) is 48.3 Å². The van der Waals surface area contributed by atoms with Crippen molar-refractivity contribution in [3.8, 4) is 5.75 Å². The molecule has 6 unspecified atom stereocenters. The zero-order valence-electron chi connectivity index (χ0n) is 24.1. The van der Waals surface area contributed by atoms with E-state index in [-0.39, 0.29) is 41.2 Å². The number of likely N-dealkylation sites (tertiary alicyclic amines) is 1. The predicted molar refractivity (Wildman–Crippen MR) is 155 cm³/mol. The standard InChI is InChI=1S/C32H25Cl2F5N2O5/c1-3-6-13-7-5-8-16(26(13)42)19-14-9-10-15-18(28(44)40(11-4-2)27(15)43)17(14)12-31(33)29(45)41(30(46)32(19,31)34)25-23(38)21(36)20(35)22(37)24(25)39/h3,5,7-9,15,17-19,42H,1,4,6,10-12H2,2H3. The van der Waals surface area contributed by atoms with E-state index in [1.165, 1.54) is 18.2 Å². The van der Waals surface area contributed by atoms with Crippen molar-refractivity contribution >= 4 is 52.5 Å². The third-order valence-corrected chi connectivity index (χ3v) is 11.0. The Hall–Kier alpha value is -3.77. The zero-order valence-corrected chi connectivity index (χ0v) is 25.6. The van der Waals surface area contributed by atoms with E-state index in [1.54, 1.807) is 19.1 Å². The van der Waals surface area contributed by atoms with Crippen LogP contribution in [0.3, 0.4) is 0 Å². The number of nitrogens with zero attached hydrogens (tertiary/aromatic N) is 2. The summed E-state index contributed by atoms with van der Waals surface area (Å²) in [5.74, 6) is -21.3. The molecule has 7 nitrogen and oxygen atoms in total. The smallest absolute Gasteiger partial charge is 0.258 e. The lowest BCUT2D eigenvalue weighted by molar-refractivity contribution is -0.140. The van der Waals surface area contributed by atoms with Crippen LogP contribution in [0.4, 0.5) is 27.6 Å². The number of anilines is 1. The number of phenols is 1. The first-order valence-electron chi connectivity index (χ1n) is 14.4. The number of fused-ring (bicyclic) bond motifs is 4. The Morgan fingerprint density at radius 3 is 2.20 bits per heavy atom. The molecule has 2 aliphatic carbocycles. The molecule has 6 atom stereocenters. The molecule has 2 aromatic carbocycles. The fourth-order valence-electron chi connectivity index (χ4n) is 7.59. The topological polar surface area (TPSA) is 95.0 Å². The molecule has 242 valence electrons. The van der Waals surface area contributed by atoms with Crippen LogP contribution in [0.15, 0.2) is 42.5 Å². The van der Waals surface area contributed by atoms with Crippen molar-refractivity contribution in [2.24, 2.45) is 17.8 Å². The number of imide groups is 2. The number of hydrogen-bond acceptors (Lipinski definition) is 5. The molecule has 4 aliphatic rings. The predicted octanol–water partition coefficient (Wildman–Crippen LogP) is 5.79. The van der Waals surface area contributed by atoms with Gasteiger partial charge in [-0.15, -0.1) is 29.8 Å². The largest absolute Gasteiger partial charge is 0.507 e. The summed E-state index contributed by atoms with van der Waals surface area (Å²) in [5, 5.41) is 11.4. The highest BCUT2D eigenvalue weighted by Gasteiger charge is 2.77. The molecule has 4 amide bonds. The van der Waals surface area contributed by atoms with Crippen LogP contribution in [0.2, 0.25) is 0 Å². The lowest BCUT2D eigenvalue weighted by Crippen LogP contribution is -2.60. The van der Waals surface area contributed by atoms with Crippen molar-refractivity contribution in [3.63, 3.8) is 0 Å². The molecule has 14 heteroatoms. The highest BCUT2D eigenvalue weighted by Crippen LogP contribution is 2.66. The van der Waals surface area contributed by atoms with E-state index >= 15 is 8.78 Å². The molecule has 0 aromatic heterocycles. The number of carbonyl (C=O) groups excluding carboxylic acids is 4. The molecule has 6 rings (SSSR count). The summed E-state index contributed by atoms with van der Waals surface area (Å²) >= 11 is 14.2. The van der Waals surface area contributed by atoms with Gasteiger partial charge in [-0.1, -0.05) is 42.8 Å². The van der Waals surface area contributed by atoms with Gasteiger partial charge in [0.25, 0.3) is 11.8 Å². The lowest BCUT2D eigenvalue weighted by Gasteiger charge is -2.50. The van der Waals surface area contributed by atoms with Gasteiger partial charge in [0, 0.05) is 18.0 Å². The van der Waals surface area contributed by atoms with Crippen LogP contribution in [0.25, 0.3) is 0 Å². The van der Waals surface area contributed by atoms with Crippen LogP contribution in [-0.2, 0) is 25.6 Å². The number of amides is 4. The van der Waals surface area contributed by atoms with Crippen LogP contribution >= 0.6 is 23.2 Å². The minimum Gasteiger partial charge on any atom is -0.507 e. The van der Waals surface area contributed by atoms with Crippen LogP contribution in [0, 0.1) is 46.8 Å². The van der Waals surface area contributed by atoms with Gasteiger partial charge >= 0.3 is 0 Å². The van der Waals surface area contributed by atoms with Crippen LogP contribution in [0.5, 0.6) is 5.75 Å². The van der Waals surface area contributed by atoms with Crippen LogP contribution in [-0.4, -0.2) is 49.9 Å². The third kappa shape index (κ3) is 3.95. The minimum atomic E-state index is -2.71. The van der Waals surface area contributed by atoms with Crippen LogP contribution < -0.4 is 4.90 Å². The maximum Gasteiger partial charge on any atom is 0.258 e. The molecule has 0 radical (unpaired) electrons. The van der Waals surface area contributed by atoms with E-state index in [0.717, 1.165) is 4.90 Å². The molecular formula is C32H25Cl2F5N2O5. The Balaban J connectivity index is 1.62. The number of allylic oxidation sites excluding steroid dienone is 3. The number of halogens is 7. The summed E-state index contributed by atoms with van der Waals surface area (Å²) < 4.78 is 72.9. The Kier molecular flexibility index (Phi) is 7.63. The summed E-state index contributed by atoms with van der Waals surface area (Å²) in [6, 6.07) is 4.44. The number of alkyl halides is 2. The summed E-state index contributed by atoms with van der Waals surface area (Å²) in [4.78, 5) is 51.0. The van der Waals surface area contributed by atoms with E-state index in [2.05, 4.69) is 6.58 Å². The zero-order chi connectivity index (χ0) is 33.6. The maximum atomic E-state index is 15.1. The maximum absolute atomic E-state index is 15.1. The molecule has 46 heavy (non-hydrogen) atoms. The first-order valence-corrected chi connectivity index (χ1v) is 15.2. The van der Waals surface area contributed by atoms with Crippen LogP contribution in [0.1, 0.15) is 43.2 Å². The molecule has 1 saturated carbocycles. The second-order valence-electron chi connectivity index (χ2n) is 11.9. The van der Waals surface area contributed by atoms with Gasteiger partial charge in [0.1, 0.15) is 11.4 Å². The number of rotatable bonds is 6. The van der Waals surface area contributed by atoms with Gasteiger partial charge in [0.05, 0.1) is 11.8 Å². The monoisotopic (exact) mass is 682 g/mol. The highest BCUT2D eigenvalue weighted by molar-refractivity contribution is 6.58. The van der Waals surface area contributed by atoms with Crippen molar-refractivity contribution in [3.05, 3.63) is 82.7 Å². The average Bonchev–Trinajstić information content (AvgIpc) is 3.35. The second-order valence-corrected chi connectivity index (χ2v) is 13.1. The van der Waals surface area contributed by atoms with Gasteiger partial charge in [0.15, 0.2) is 33.0 Å². The highest BCUT2D eigenvalue weighted by atomic mass is 35.5. The van der Waals surface area contributed by atoms with Crippen molar-refractivity contribution in [1.82, 2.24) is 4.90 Å². The molecule has 2 saturated heterocycles. The number of carbonyl (C=O) groups is 4. The Morgan fingerprint density at radius 1 is 0.957 bits per heavy atom.